The van der Waals surface area contributed by atoms with Crippen molar-refractivity contribution in [3.05, 3.63) is 77.7 Å². The maximum Gasteiger partial charge on any atom is 0.276 e. The molecule has 0 fully saturated rings. The van der Waals surface area contributed by atoms with Crippen LogP contribution in [0.5, 0.6) is 0 Å². The number of carbonyl (C=O) groups excluding carboxylic acids is 2. The van der Waals surface area contributed by atoms with Gasteiger partial charge in [-0.25, -0.2) is 4.39 Å². The van der Waals surface area contributed by atoms with Crippen LogP contribution in [0.1, 0.15) is 27.8 Å². The van der Waals surface area contributed by atoms with Crippen molar-refractivity contribution < 1.29 is 14.0 Å². The normalized spacial score (nSPS) is 10.2. The second-order valence-electron chi connectivity index (χ2n) is 5.50. The standard InChI is InChI=1S/C19H15FN4O2/c1-12(25)13-5-4-6-14(11-13)21-19(26)17-9-10-18(24-23-17)22-16-8-3-2-7-15(16)20/h2-11H,1H3,(H,21,26)(H,22,24). The van der Waals surface area contributed by atoms with E-state index in [1.54, 1.807) is 42.5 Å². The van der Waals surface area contributed by atoms with Gasteiger partial charge in [0.15, 0.2) is 17.3 Å². The first-order chi connectivity index (χ1) is 12.5. The summed E-state index contributed by atoms with van der Waals surface area (Å²) >= 11 is 0. The highest BCUT2D eigenvalue weighted by atomic mass is 19.1. The number of para-hydroxylation sites is 1. The van der Waals surface area contributed by atoms with Crippen LogP contribution in [-0.4, -0.2) is 21.9 Å². The summed E-state index contributed by atoms with van der Waals surface area (Å²) in [6.45, 7) is 1.45. The summed E-state index contributed by atoms with van der Waals surface area (Å²) in [5, 5.41) is 13.2. The number of anilines is 3. The molecule has 6 nitrogen and oxygen atoms in total. The topological polar surface area (TPSA) is 84.0 Å². The smallest absolute Gasteiger partial charge is 0.276 e. The number of hydrogen-bond acceptors (Lipinski definition) is 5. The van der Waals surface area contributed by atoms with Gasteiger partial charge in [0.1, 0.15) is 5.82 Å². The highest BCUT2D eigenvalue weighted by molar-refractivity contribution is 6.03. The van der Waals surface area contributed by atoms with Crippen LogP contribution in [-0.2, 0) is 0 Å². The third-order valence-corrected chi connectivity index (χ3v) is 3.56. The van der Waals surface area contributed by atoms with E-state index in [0.717, 1.165) is 0 Å². The van der Waals surface area contributed by atoms with Gasteiger partial charge < -0.3 is 10.6 Å². The van der Waals surface area contributed by atoms with Gasteiger partial charge in [-0.2, -0.15) is 0 Å². The Labute approximate surface area is 149 Å². The fraction of sp³-hybridized carbons (Fsp3) is 0.0526. The molecule has 0 atom stereocenters. The molecule has 1 amide bonds. The van der Waals surface area contributed by atoms with Crippen molar-refractivity contribution >= 4 is 28.9 Å². The lowest BCUT2D eigenvalue weighted by Crippen LogP contribution is -2.15. The van der Waals surface area contributed by atoms with E-state index in [0.29, 0.717) is 17.1 Å². The van der Waals surface area contributed by atoms with Gasteiger partial charge in [0.2, 0.25) is 0 Å². The number of hydrogen-bond donors (Lipinski definition) is 2. The Morgan fingerprint density at radius 1 is 0.962 bits per heavy atom. The van der Waals surface area contributed by atoms with Crippen molar-refractivity contribution in [1.82, 2.24) is 10.2 Å². The van der Waals surface area contributed by atoms with Crippen LogP contribution in [0.3, 0.4) is 0 Å². The van der Waals surface area contributed by atoms with E-state index in [2.05, 4.69) is 20.8 Å². The first-order valence-electron chi connectivity index (χ1n) is 7.80. The summed E-state index contributed by atoms with van der Waals surface area (Å²) in [4.78, 5) is 23.6. The molecule has 3 rings (SSSR count). The monoisotopic (exact) mass is 350 g/mol. The van der Waals surface area contributed by atoms with E-state index >= 15 is 0 Å². The third kappa shape index (κ3) is 4.07. The molecular formula is C19H15FN4O2. The number of halogens is 1. The van der Waals surface area contributed by atoms with Crippen LogP contribution in [0.2, 0.25) is 0 Å². The fourth-order valence-electron chi connectivity index (χ4n) is 2.23. The third-order valence-electron chi connectivity index (χ3n) is 3.56. The van der Waals surface area contributed by atoms with Crippen molar-refractivity contribution in [2.75, 3.05) is 10.6 Å². The zero-order valence-electron chi connectivity index (χ0n) is 13.9. The molecule has 1 aromatic heterocycles. The number of rotatable bonds is 5. The maximum atomic E-state index is 13.6. The van der Waals surface area contributed by atoms with Crippen molar-refractivity contribution in [2.45, 2.75) is 6.92 Å². The number of amides is 1. The molecule has 7 heteroatoms. The highest BCUT2D eigenvalue weighted by Crippen LogP contribution is 2.18. The van der Waals surface area contributed by atoms with Gasteiger partial charge in [0.25, 0.3) is 5.91 Å². The molecule has 3 aromatic rings. The summed E-state index contributed by atoms with van der Waals surface area (Å²) < 4.78 is 13.6. The van der Waals surface area contributed by atoms with E-state index in [1.165, 1.54) is 25.1 Å². The molecular weight excluding hydrogens is 335 g/mol. The molecule has 0 bridgehead atoms. The number of Topliss-reactive ketones (excluding diaryl/α,β-unsaturated/α-hetero) is 1. The fourth-order valence-corrected chi connectivity index (χ4v) is 2.23. The van der Waals surface area contributed by atoms with Gasteiger partial charge in [-0.15, -0.1) is 10.2 Å². The lowest BCUT2D eigenvalue weighted by Gasteiger charge is -2.07. The average molecular weight is 350 g/mol. The number of benzene rings is 2. The van der Waals surface area contributed by atoms with Gasteiger partial charge in [-0.05, 0) is 43.3 Å². The van der Waals surface area contributed by atoms with Gasteiger partial charge in [-0.1, -0.05) is 24.3 Å². The van der Waals surface area contributed by atoms with Gasteiger partial charge >= 0.3 is 0 Å². The molecule has 2 N–H and O–H groups in total. The Morgan fingerprint density at radius 2 is 1.77 bits per heavy atom. The molecule has 0 saturated carbocycles. The second-order valence-corrected chi connectivity index (χ2v) is 5.50. The summed E-state index contributed by atoms with van der Waals surface area (Å²) in [7, 11) is 0. The predicted molar refractivity (Wildman–Crippen MR) is 96.1 cm³/mol. The van der Waals surface area contributed by atoms with E-state index in [1.807, 2.05) is 0 Å². The predicted octanol–water partition coefficient (Wildman–Crippen LogP) is 3.81. The van der Waals surface area contributed by atoms with Crippen molar-refractivity contribution in [3.8, 4) is 0 Å². The molecule has 2 aromatic carbocycles. The summed E-state index contributed by atoms with van der Waals surface area (Å²) in [5.41, 5.74) is 1.34. The Balaban J connectivity index is 1.70. The number of ketones is 1. The minimum absolute atomic E-state index is 0.0931. The lowest BCUT2D eigenvalue weighted by molar-refractivity contribution is 0.100. The van der Waals surface area contributed by atoms with Gasteiger partial charge in [-0.3, -0.25) is 9.59 Å². The van der Waals surface area contributed by atoms with E-state index in [4.69, 9.17) is 0 Å². The molecule has 0 spiro atoms. The van der Waals surface area contributed by atoms with E-state index in [-0.39, 0.29) is 17.2 Å². The van der Waals surface area contributed by atoms with Crippen LogP contribution in [0.25, 0.3) is 0 Å². The Kier molecular flexibility index (Phi) is 4.98. The number of nitrogens with one attached hydrogen (secondary N) is 2. The van der Waals surface area contributed by atoms with Gasteiger partial charge in [0.05, 0.1) is 5.69 Å². The average Bonchev–Trinajstić information content (AvgIpc) is 2.64. The summed E-state index contributed by atoms with van der Waals surface area (Å²) in [5.74, 6) is -0.660. The van der Waals surface area contributed by atoms with Crippen molar-refractivity contribution in [2.24, 2.45) is 0 Å². The molecule has 0 unspecified atom stereocenters. The molecule has 26 heavy (non-hydrogen) atoms. The minimum atomic E-state index is -0.462. The van der Waals surface area contributed by atoms with Crippen LogP contribution in [0, 0.1) is 5.82 Å². The maximum absolute atomic E-state index is 13.6. The lowest BCUT2D eigenvalue weighted by atomic mass is 10.1. The highest BCUT2D eigenvalue weighted by Gasteiger charge is 2.10. The zero-order valence-corrected chi connectivity index (χ0v) is 13.9. The molecule has 130 valence electrons. The zero-order chi connectivity index (χ0) is 18.5. The van der Waals surface area contributed by atoms with Crippen LogP contribution < -0.4 is 10.6 Å². The number of nitrogens with zero attached hydrogens (tertiary/aromatic N) is 2. The van der Waals surface area contributed by atoms with Gasteiger partial charge in [0, 0.05) is 11.3 Å². The van der Waals surface area contributed by atoms with Crippen molar-refractivity contribution in [3.63, 3.8) is 0 Å². The van der Waals surface area contributed by atoms with E-state index in [9.17, 15) is 14.0 Å². The molecule has 0 radical (unpaired) electrons. The molecule has 0 aliphatic rings. The molecule has 1 heterocycles. The largest absolute Gasteiger partial charge is 0.336 e. The molecule has 0 aliphatic carbocycles. The minimum Gasteiger partial charge on any atom is -0.336 e. The van der Waals surface area contributed by atoms with Crippen LogP contribution >= 0.6 is 0 Å². The summed E-state index contributed by atoms with van der Waals surface area (Å²) in [6.07, 6.45) is 0. The molecule has 0 saturated heterocycles. The van der Waals surface area contributed by atoms with Crippen LogP contribution in [0.15, 0.2) is 60.7 Å². The Hall–Kier alpha value is -3.61. The molecule has 0 aliphatic heterocycles. The Morgan fingerprint density at radius 3 is 2.46 bits per heavy atom. The van der Waals surface area contributed by atoms with Crippen molar-refractivity contribution in [1.29, 1.82) is 0 Å². The number of aromatic nitrogens is 2. The Bertz CT molecular complexity index is 958. The van der Waals surface area contributed by atoms with Crippen LogP contribution in [0.4, 0.5) is 21.6 Å². The quantitative estimate of drug-likeness (QED) is 0.684. The first-order valence-corrected chi connectivity index (χ1v) is 7.80. The number of carbonyl (C=O) groups is 2. The summed E-state index contributed by atoms with van der Waals surface area (Å²) in [6, 6.07) is 15.8. The first kappa shape index (κ1) is 17.2. The second kappa shape index (κ2) is 7.52. The SMILES string of the molecule is CC(=O)c1cccc(NC(=O)c2ccc(Nc3ccccc3F)nn2)c1. The van der Waals surface area contributed by atoms with E-state index < -0.39 is 11.7 Å².